The van der Waals surface area contributed by atoms with E-state index in [2.05, 4.69) is 5.32 Å². The van der Waals surface area contributed by atoms with Gasteiger partial charge in [-0.15, -0.1) is 5.06 Å². The zero-order chi connectivity index (χ0) is 16.3. The van der Waals surface area contributed by atoms with Gasteiger partial charge in [-0.25, -0.2) is 4.79 Å². The van der Waals surface area contributed by atoms with E-state index in [0.29, 0.717) is 11.6 Å². The number of nitrogens with two attached hydrogens (primary N) is 1. The molecule has 0 spiro atoms. The first-order valence-electron chi connectivity index (χ1n) is 6.33. The van der Waals surface area contributed by atoms with E-state index in [1.807, 2.05) is 22.6 Å². The molecule has 2 rings (SSSR count). The third-order valence-electron chi connectivity index (χ3n) is 2.94. The Balaban J connectivity index is 2.07. The van der Waals surface area contributed by atoms with Crippen LogP contribution in [0.15, 0.2) is 18.2 Å². The van der Waals surface area contributed by atoms with E-state index < -0.39 is 17.8 Å². The van der Waals surface area contributed by atoms with Crippen LogP contribution in [0.2, 0.25) is 0 Å². The number of hydroxylamine groups is 2. The highest BCUT2D eigenvalue weighted by Gasteiger charge is 2.33. The van der Waals surface area contributed by atoms with Crippen molar-refractivity contribution in [1.82, 2.24) is 10.4 Å². The van der Waals surface area contributed by atoms with Crippen molar-refractivity contribution in [2.75, 3.05) is 0 Å². The second kappa shape index (κ2) is 6.73. The molecule has 0 aliphatic carbocycles. The summed E-state index contributed by atoms with van der Waals surface area (Å²) in [7, 11) is 0. The molecule has 116 valence electrons. The first-order valence-corrected chi connectivity index (χ1v) is 7.40. The predicted octanol–water partition coefficient (Wildman–Crippen LogP) is 0.495. The first kappa shape index (κ1) is 16.2. The van der Waals surface area contributed by atoms with E-state index in [1.165, 1.54) is 6.07 Å². The molecule has 1 aromatic rings. The minimum Gasteiger partial charge on any atom is -0.370 e. The highest BCUT2D eigenvalue weighted by molar-refractivity contribution is 14.1. The summed E-state index contributed by atoms with van der Waals surface area (Å²) in [6.07, 6.45) is 0.110. The number of halogens is 1. The number of carbonyl (C=O) groups is 3. The number of guanidine groups is 1. The molecule has 22 heavy (non-hydrogen) atoms. The van der Waals surface area contributed by atoms with Gasteiger partial charge in [0.2, 0.25) is 0 Å². The van der Waals surface area contributed by atoms with E-state index in [1.54, 1.807) is 12.1 Å². The lowest BCUT2D eigenvalue weighted by Crippen LogP contribution is -2.32. The molecule has 0 bridgehead atoms. The van der Waals surface area contributed by atoms with Crippen molar-refractivity contribution in [2.45, 2.75) is 19.4 Å². The topological polar surface area (TPSA) is 126 Å². The van der Waals surface area contributed by atoms with Gasteiger partial charge in [0, 0.05) is 23.0 Å². The molecule has 0 unspecified atom stereocenters. The van der Waals surface area contributed by atoms with Crippen LogP contribution in [0.25, 0.3) is 0 Å². The molecular weight excluding hydrogens is 407 g/mol. The Morgan fingerprint density at radius 1 is 1.36 bits per heavy atom. The van der Waals surface area contributed by atoms with Gasteiger partial charge in [0.1, 0.15) is 0 Å². The van der Waals surface area contributed by atoms with Crippen LogP contribution < -0.4 is 11.1 Å². The summed E-state index contributed by atoms with van der Waals surface area (Å²) >= 11 is 2.03. The molecule has 1 aliphatic heterocycles. The number of amides is 2. The van der Waals surface area contributed by atoms with Crippen LogP contribution in [0.5, 0.6) is 0 Å². The predicted molar refractivity (Wildman–Crippen MR) is 84.4 cm³/mol. The van der Waals surface area contributed by atoms with Crippen molar-refractivity contribution < 1.29 is 19.2 Å². The molecule has 0 aromatic heterocycles. The third-order valence-corrected chi connectivity index (χ3v) is 3.94. The number of carbonyl (C=O) groups excluding carboxylic acids is 3. The molecule has 2 amide bonds. The zero-order valence-corrected chi connectivity index (χ0v) is 13.5. The first-order chi connectivity index (χ1) is 10.4. The molecule has 1 aliphatic rings. The van der Waals surface area contributed by atoms with Crippen LogP contribution in [0.4, 0.5) is 0 Å². The molecule has 9 heteroatoms. The fourth-order valence-electron chi connectivity index (χ4n) is 1.80. The van der Waals surface area contributed by atoms with Gasteiger partial charge in [-0.1, -0.05) is 6.07 Å². The summed E-state index contributed by atoms with van der Waals surface area (Å²) in [5, 5.41) is 10.3. The maximum atomic E-state index is 12.0. The van der Waals surface area contributed by atoms with Gasteiger partial charge in [-0.2, -0.15) is 0 Å². The molecule has 8 nitrogen and oxygen atoms in total. The lowest BCUT2D eigenvalue weighted by atomic mass is 10.1. The number of rotatable bonds is 4. The third kappa shape index (κ3) is 3.72. The minimum atomic E-state index is -0.771. The standard InChI is InChI=1S/C13H13IN4O4/c14-9-5-7(1-2-8(9)6-17-13(15)16)12(21)22-18-10(19)3-4-11(18)20/h1-2,5H,3-4,6H2,(H4,15,16,17)/i14+4. The Morgan fingerprint density at radius 2 is 2.00 bits per heavy atom. The fourth-order valence-corrected chi connectivity index (χ4v) is 2.51. The quantitative estimate of drug-likeness (QED) is 0.282. The molecule has 1 aromatic carbocycles. The Kier molecular flexibility index (Phi) is 4.96. The average molecular weight is 420 g/mol. The van der Waals surface area contributed by atoms with Crippen LogP contribution >= 0.6 is 22.6 Å². The molecule has 0 atom stereocenters. The summed E-state index contributed by atoms with van der Waals surface area (Å²) < 4.78 is 0.764. The van der Waals surface area contributed by atoms with Crippen LogP contribution in [0, 0.1) is 8.98 Å². The lowest BCUT2D eigenvalue weighted by molar-refractivity contribution is -0.172. The number of nitrogens with one attached hydrogen (secondary N) is 2. The Hall–Kier alpha value is -2.17. The molecule has 1 fully saturated rings. The Bertz CT molecular complexity index is 645. The Labute approximate surface area is 139 Å². The lowest BCUT2D eigenvalue weighted by Gasteiger charge is -2.13. The van der Waals surface area contributed by atoms with Crippen molar-refractivity contribution in [2.24, 2.45) is 5.73 Å². The summed E-state index contributed by atoms with van der Waals surface area (Å²) in [6.45, 7) is 0.353. The molecule has 4 N–H and O–H groups in total. The average Bonchev–Trinajstić information content (AvgIpc) is 2.77. The van der Waals surface area contributed by atoms with E-state index >= 15 is 0 Å². The SMILES string of the molecule is N=C(N)NCc1ccc(C(=O)ON2C(=O)CCC2=O)cc1[131I]. The zero-order valence-electron chi connectivity index (χ0n) is 11.4. The fraction of sp³-hybridized carbons (Fsp3) is 0.231. The van der Waals surface area contributed by atoms with Crippen molar-refractivity contribution in [3.8, 4) is 0 Å². The molecule has 0 radical (unpaired) electrons. The van der Waals surface area contributed by atoms with Gasteiger partial charge >= 0.3 is 5.97 Å². The molecular formula is C13H13IN4O4. The smallest absolute Gasteiger partial charge is 0.363 e. The van der Waals surface area contributed by atoms with Crippen molar-refractivity contribution in [3.05, 3.63) is 32.9 Å². The largest absolute Gasteiger partial charge is 0.370 e. The summed E-state index contributed by atoms with van der Waals surface area (Å²) in [5.41, 5.74) is 6.29. The second-order valence-electron chi connectivity index (χ2n) is 4.53. The highest BCUT2D eigenvalue weighted by atomic mass is 131. The van der Waals surface area contributed by atoms with Crippen molar-refractivity contribution in [1.29, 1.82) is 5.41 Å². The van der Waals surface area contributed by atoms with E-state index in [9.17, 15) is 14.4 Å². The number of imide groups is 1. The van der Waals surface area contributed by atoms with E-state index in [4.69, 9.17) is 16.0 Å². The Morgan fingerprint density at radius 3 is 2.55 bits per heavy atom. The van der Waals surface area contributed by atoms with Gasteiger partial charge in [0.15, 0.2) is 5.96 Å². The van der Waals surface area contributed by atoms with Crippen LogP contribution in [-0.4, -0.2) is 28.8 Å². The van der Waals surface area contributed by atoms with E-state index in [-0.39, 0.29) is 24.4 Å². The van der Waals surface area contributed by atoms with Gasteiger partial charge in [0.25, 0.3) is 11.8 Å². The van der Waals surface area contributed by atoms with Gasteiger partial charge < -0.3 is 15.9 Å². The number of nitrogens with zero attached hydrogens (tertiary/aromatic N) is 1. The summed E-state index contributed by atoms with van der Waals surface area (Å²) in [4.78, 5) is 39.6. The van der Waals surface area contributed by atoms with Crippen LogP contribution in [0.3, 0.4) is 0 Å². The van der Waals surface area contributed by atoms with Crippen molar-refractivity contribution in [3.63, 3.8) is 0 Å². The monoisotopic (exact) mass is 420 g/mol. The summed E-state index contributed by atoms with van der Waals surface area (Å²) in [5.74, 6) is -1.96. The van der Waals surface area contributed by atoms with Crippen LogP contribution in [0.1, 0.15) is 28.8 Å². The van der Waals surface area contributed by atoms with Crippen LogP contribution in [-0.2, 0) is 21.0 Å². The second-order valence-corrected chi connectivity index (χ2v) is 5.70. The number of benzene rings is 1. The molecule has 0 saturated carbocycles. The minimum absolute atomic E-state index is 0.0549. The van der Waals surface area contributed by atoms with Gasteiger partial charge in [-0.3, -0.25) is 15.0 Å². The maximum Gasteiger partial charge on any atom is 0.363 e. The van der Waals surface area contributed by atoms with Gasteiger partial charge in [-0.05, 0) is 40.3 Å². The van der Waals surface area contributed by atoms with Gasteiger partial charge in [0.05, 0.1) is 5.56 Å². The van der Waals surface area contributed by atoms with E-state index in [0.717, 1.165) is 9.13 Å². The molecule has 1 heterocycles. The normalized spacial score (nSPS) is 14.1. The summed E-state index contributed by atoms with van der Waals surface area (Å²) in [6, 6.07) is 4.78. The number of hydrogen-bond donors (Lipinski definition) is 3. The number of hydrogen-bond acceptors (Lipinski definition) is 5. The molecule has 1 saturated heterocycles. The maximum absolute atomic E-state index is 12.0. The highest BCUT2D eigenvalue weighted by Crippen LogP contribution is 2.18. The van der Waals surface area contributed by atoms with Crippen molar-refractivity contribution >= 4 is 46.3 Å².